The van der Waals surface area contributed by atoms with Gasteiger partial charge in [0.15, 0.2) is 0 Å². The van der Waals surface area contributed by atoms with Gasteiger partial charge in [0.2, 0.25) is 0 Å². The Morgan fingerprint density at radius 3 is 2.10 bits per heavy atom. The van der Waals surface area contributed by atoms with Crippen molar-refractivity contribution >= 4 is 5.97 Å². The fourth-order valence-electron chi connectivity index (χ4n) is 0.987. The zero-order valence-corrected chi connectivity index (χ0v) is 6.98. The van der Waals surface area contributed by atoms with E-state index in [2.05, 4.69) is 0 Å². The standard InChI is InChI=1S/C8H16O2/c1-4-6-8(3,5-2)7(9)10/h4-6H2,1-3H3,(H,9,10)/t8-/m1/s1. The van der Waals surface area contributed by atoms with Crippen molar-refractivity contribution in [1.82, 2.24) is 0 Å². The van der Waals surface area contributed by atoms with Gasteiger partial charge in [-0.05, 0) is 19.8 Å². The molecule has 0 aromatic carbocycles. The maximum Gasteiger partial charge on any atom is 0.309 e. The van der Waals surface area contributed by atoms with E-state index in [-0.39, 0.29) is 0 Å². The fourth-order valence-corrected chi connectivity index (χ4v) is 0.987. The average molecular weight is 144 g/mol. The summed E-state index contributed by atoms with van der Waals surface area (Å²) in [6.45, 7) is 5.74. The summed E-state index contributed by atoms with van der Waals surface area (Å²) in [4.78, 5) is 10.6. The van der Waals surface area contributed by atoms with Crippen molar-refractivity contribution in [2.75, 3.05) is 0 Å². The quantitative estimate of drug-likeness (QED) is 0.657. The van der Waals surface area contributed by atoms with Gasteiger partial charge in [-0.1, -0.05) is 20.3 Å². The van der Waals surface area contributed by atoms with Gasteiger partial charge in [-0.25, -0.2) is 0 Å². The van der Waals surface area contributed by atoms with Gasteiger partial charge in [0.25, 0.3) is 0 Å². The first-order valence-corrected chi connectivity index (χ1v) is 3.80. The van der Waals surface area contributed by atoms with E-state index in [0.717, 1.165) is 19.3 Å². The van der Waals surface area contributed by atoms with Crippen LogP contribution in [0.2, 0.25) is 0 Å². The summed E-state index contributed by atoms with van der Waals surface area (Å²) in [5.74, 6) is -0.670. The van der Waals surface area contributed by atoms with E-state index in [1.54, 1.807) is 6.92 Å². The molecule has 10 heavy (non-hydrogen) atoms. The van der Waals surface area contributed by atoms with Gasteiger partial charge in [0.1, 0.15) is 0 Å². The van der Waals surface area contributed by atoms with Gasteiger partial charge < -0.3 is 5.11 Å². The minimum atomic E-state index is -0.670. The summed E-state index contributed by atoms with van der Waals surface area (Å²) >= 11 is 0. The first-order valence-electron chi connectivity index (χ1n) is 3.80. The Morgan fingerprint density at radius 1 is 1.50 bits per heavy atom. The summed E-state index contributed by atoms with van der Waals surface area (Å²) in [7, 11) is 0. The van der Waals surface area contributed by atoms with Gasteiger partial charge >= 0.3 is 5.97 Å². The zero-order chi connectivity index (χ0) is 8.20. The number of carboxylic acids is 1. The molecule has 2 heteroatoms. The van der Waals surface area contributed by atoms with Crippen molar-refractivity contribution in [1.29, 1.82) is 0 Å². The summed E-state index contributed by atoms with van der Waals surface area (Å²) < 4.78 is 0. The smallest absolute Gasteiger partial charge is 0.309 e. The van der Waals surface area contributed by atoms with Gasteiger partial charge in [-0.2, -0.15) is 0 Å². The number of hydrogen-bond donors (Lipinski definition) is 1. The lowest BCUT2D eigenvalue weighted by Crippen LogP contribution is -2.26. The third kappa shape index (κ3) is 2.01. The molecule has 0 aliphatic heterocycles. The van der Waals surface area contributed by atoms with E-state index < -0.39 is 11.4 Å². The van der Waals surface area contributed by atoms with Crippen LogP contribution in [0.25, 0.3) is 0 Å². The van der Waals surface area contributed by atoms with Crippen LogP contribution >= 0.6 is 0 Å². The Hall–Kier alpha value is -0.530. The molecule has 60 valence electrons. The largest absolute Gasteiger partial charge is 0.481 e. The van der Waals surface area contributed by atoms with Crippen LogP contribution in [0.3, 0.4) is 0 Å². The highest BCUT2D eigenvalue weighted by molar-refractivity contribution is 5.73. The SMILES string of the molecule is CCC[C@@](C)(CC)C(=O)O. The summed E-state index contributed by atoms with van der Waals surface area (Å²) in [6, 6.07) is 0. The molecule has 0 aliphatic rings. The lowest BCUT2D eigenvalue weighted by atomic mass is 9.83. The normalized spacial score (nSPS) is 16.3. The Labute approximate surface area is 62.2 Å². The Morgan fingerprint density at radius 2 is 2.00 bits per heavy atom. The molecule has 0 radical (unpaired) electrons. The van der Waals surface area contributed by atoms with Crippen LogP contribution in [0, 0.1) is 5.41 Å². The number of rotatable bonds is 4. The fraction of sp³-hybridized carbons (Fsp3) is 0.875. The predicted octanol–water partition coefficient (Wildman–Crippen LogP) is 2.29. The molecule has 0 rings (SSSR count). The highest BCUT2D eigenvalue weighted by Gasteiger charge is 2.29. The minimum Gasteiger partial charge on any atom is -0.481 e. The first-order chi connectivity index (χ1) is 4.56. The summed E-state index contributed by atoms with van der Waals surface area (Å²) in [5.41, 5.74) is -0.491. The van der Waals surface area contributed by atoms with E-state index >= 15 is 0 Å². The van der Waals surface area contributed by atoms with Gasteiger partial charge in [-0.15, -0.1) is 0 Å². The van der Waals surface area contributed by atoms with Crippen LogP contribution in [-0.2, 0) is 4.79 Å². The van der Waals surface area contributed by atoms with Crippen molar-refractivity contribution in [2.24, 2.45) is 5.41 Å². The van der Waals surface area contributed by atoms with Crippen LogP contribution < -0.4 is 0 Å². The number of hydrogen-bond acceptors (Lipinski definition) is 1. The van der Waals surface area contributed by atoms with E-state index in [1.165, 1.54) is 0 Å². The Bertz CT molecular complexity index is 120. The molecular formula is C8H16O2. The van der Waals surface area contributed by atoms with Crippen LogP contribution in [0.15, 0.2) is 0 Å². The van der Waals surface area contributed by atoms with Crippen molar-refractivity contribution in [3.05, 3.63) is 0 Å². The van der Waals surface area contributed by atoms with Crippen LogP contribution in [-0.4, -0.2) is 11.1 Å². The van der Waals surface area contributed by atoms with Crippen molar-refractivity contribution in [3.63, 3.8) is 0 Å². The second-order valence-corrected chi connectivity index (χ2v) is 2.97. The summed E-state index contributed by atoms with van der Waals surface area (Å²) in [6.07, 6.45) is 2.44. The van der Waals surface area contributed by atoms with Crippen LogP contribution in [0.4, 0.5) is 0 Å². The van der Waals surface area contributed by atoms with E-state index in [0.29, 0.717) is 0 Å². The maximum atomic E-state index is 10.6. The van der Waals surface area contributed by atoms with Gasteiger partial charge in [0, 0.05) is 0 Å². The van der Waals surface area contributed by atoms with Gasteiger partial charge in [-0.3, -0.25) is 4.79 Å². The molecule has 0 saturated heterocycles. The molecule has 1 atom stereocenters. The predicted molar refractivity (Wildman–Crippen MR) is 40.9 cm³/mol. The van der Waals surface area contributed by atoms with Crippen molar-refractivity contribution in [2.45, 2.75) is 40.0 Å². The van der Waals surface area contributed by atoms with Crippen molar-refractivity contribution < 1.29 is 9.90 Å². The van der Waals surface area contributed by atoms with Gasteiger partial charge in [0.05, 0.1) is 5.41 Å². The number of carboxylic acid groups (broad SMARTS) is 1. The van der Waals surface area contributed by atoms with Crippen molar-refractivity contribution in [3.8, 4) is 0 Å². The highest BCUT2D eigenvalue weighted by Crippen LogP contribution is 2.26. The van der Waals surface area contributed by atoms with Crippen LogP contribution in [0.1, 0.15) is 40.0 Å². The van der Waals surface area contributed by atoms with E-state index in [9.17, 15) is 4.79 Å². The lowest BCUT2D eigenvalue weighted by molar-refractivity contribution is -0.148. The summed E-state index contributed by atoms with van der Waals surface area (Å²) in [5, 5.41) is 8.76. The monoisotopic (exact) mass is 144 g/mol. The number of carbonyl (C=O) groups is 1. The third-order valence-electron chi connectivity index (χ3n) is 2.10. The molecule has 1 N–H and O–H groups in total. The molecule has 0 heterocycles. The van der Waals surface area contributed by atoms with Crippen LogP contribution in [0.5, 0.6) is 0 Å². The van der Waals surface area contributed by atoms with E-state index in [4.69, 9.17) is 5.11 Å². The average Bonchev–Trinajstić information content (AvgIpc) is 1.88. The molecule has 0 aromatic rings. The third-order valence-corrected chi connectivity index (χ3v) is 2.10. The molecule has 2 nitrogen and oxygen atoms in total. The zero-order valence-electron chi connectivity index (χ0n) is 6.98. The molecule has 0 aliphatic carbocycles. The molecule has 0 spiro atoms. The Balaban J connectivity index is 4.08. The second kappa shape index (κ2) is 3.59. The molecule has 0 bridgehead atoms. The molecule has 0 saturated carbocycles. The highest BCUT2D eigenvalue weighted by atomic mass is 16.4. The molecule has 0 unspecified atom stereocenters. The topological polar surface area (TPSA) is 37.3 Å². The second-order valence-electron chi connectivity index (χ2n) is 2.97. The minimum absolute atomic E-state index is 0.491. The molecule has 0 aromatic heterocycles. The van der Waals surface area contributed by atoms with E-state index in [1.807, 2.05) is 13.8 Å². The maximum absolute atomic E-state index is 10.6. The Kier molecular flexibility index (Phi) is 3.40. The molecule has 0 amide bonds. The number of aliphatic carboxylic acids is 1. The lowest BCUT2D eigenvalue weighted by Gasteiger charge is -2.21. The first kappa shape index (κ1) is 9.47. The molecular weight excluding hydrogens is 128 g/mol. The molecule has 0 fully saturated rings.